The summed E-state index contributed by atoms with van der Waals surface area (Å²) in [6, 6.07) is 8.69. The monoisotopic (exact) mass is 325 g/mol. The molecular formula is C15H24BrN3. The van der Waals surface area contributed by atoms with E-state index in [0.29, 0.717) is 0 Å². The second-order valence-electron chi connectivity index (χ2n) is 5.72. The van der Waals surface area contributed by atoms with Gasteiger partial charge in [0.2, 0.25) is 0 Å². The van der Waals surface area contributed by atoms with E-state index in [0.717, 1.165) is 6.42 Å². The number of likely N-dealkylation sites (N-methyl/N-ethyl adjacent to an activating group) is 1. The molecule has 1 fully saturated rings. The highest BCUT2D eigenvalue weighted by molar-refractivity contribution is 9.10. The fraction of sp³-hybridized carbons (Fsp3) is 0.600. The maximum atomic E-state index is 5.88. The average Bonchev–Trinajstić information content (AvgIpc) is 2.88. The topological polar surface area (TPSA) is 41.3 Å². The number of nitrogens with two attached hydrogens (primary N) is 1. The summed E-state index contributed by atoms with van der Waals surface area (Å²) in [6.07, 6.45) is 5.99. The van der Waals surface area contributed by atoms with Gasteiger partial charge in [-0.2, -0.15) is 0 Å². The van der Waals surface area contributed by atoms with E-state index in [2.05, 4.69) is 64.6 Å². The Morgan fingerprint density at radius 2 is 1.95 bits per heavy atom. The zero-order valence-electron chi connectivity index (χ0n) is 11.8. The van der Waals surface area contributed by atoms with Gasteiger partial charge in [-0.3, -0.25) is 11.3 Å². The van der Waals surface area contributed by atoms with E-state index in [1.165, 1.54) is 35.7 Å². The van der Waals surface area contributed by atoms with Crippen LogP contribution in [0.2, 0.25) is 0 Å². The van der Waals surface area contributed by atoms with Gasteiger partial charge in [-0.05, 0) is 45.0 Å². The van der Waals surface area contributed by atoms with Gasteiger partial charge in [-0.15, -0.1) is 0 Å². The smallest absolute Gasteiger partial charge is 0.0435 e. The van der Waals surface area contributed by atoms with Crippen molar-refractivity contribution in [3.63, 3.8) is 0 Å². The Balaban J connectivity index is 2.22. The summed E-state index contributed by atoms with van der Waals surface area (Å²) in [6.45, 7) is 0. The van der Waals surface area contributed by atoms with Gasteiger partial charge >= 0.3 is 0 Å². The van der Waals surface area contributed by atoms with E-state index in [4.69, 9.17) is 5.84 Å². The first-order chi connectivity index (χ1) is 9.10. The largest absolute Gasteiger partial charge is 0.302 e. The highest BCUT2D eigenvalue weighted by Crippen LogP contribution is 2.38. The predicted molar refractivity (Wildman–Crippen MR) is 83.8 cm³/mol. The number of hydrogen-bond acceptors (Lipinski definition) is 3. The van der Waals surface area contributed by atoms with E-state index in [1.807, 2.05) is 0 Å². The Morgan fingerprint density at radius 3 is 2.47 bits per heavy atom. The molecular weight excluding hydrogens is 302 g/mol. The zero-order chi connectivity index (χ0) is 13.9. The van der Waals surface area contributed by atoms with Crippen molar-refractivity contribution >= 4 is 15.9 Å². The van der Waals surface area contributed by atoms with Crippen LogP contribution in [0.3, 0.4) is 0 Å². The Kier molecular flexibility index (Phi) is 5.01. The van der Waals surface area contributed by atoms with Crippen LogP contribution in [-0.2, 0) is 6.42 Å². The van der Waals surface area contributed by atoms with E-state index >= 15 is 0 Å². The molecule has 1 aromatic carbocycles. The molecule has 106 valence electrons. The molecule has 0 aliphatic heterocycles. The Morgan fingerprint density at radius 1 is 1.32 bits per heavy atom. The second kappa shape index (κ2) is 6.35. The highest BCUT2D eigenvalue weighted by Gasteiger charge is 2.42. The van der Waals surface area contributed by atoms with Gasteiger partial charge in [-0.25, -0.2) is 0 Å². The summed E-state index contributed by atoms with van der Waals surface area (Å²) in [5, 5.41) is 0. The molecule has 4 heteroatoms. The molecule has 2 rings (SSSR count). The number of benzene rings is 1. The van der Waals surface area contributed by atoms with Crippen LogP contribution < -0.4 is 11.3 Å². The average molecular weight is 326 g/mol. The molecule has 1 aromatic rings. The maximum absolute atomic E-state index is 5.88. The molecule has 1 saturated carbocycles. The predicted octanol–water partition coefficient (Wildman–Crippen LogP) is 2.70. The van der Waals surface area contributed by atoms with Crippen LogP contribution in [0.5, 0.6) is 0 Å². The van der Waals surface area contributed by atoms with Crippen LogP contribution in [0, 0.1) is 0 Å². The van der Waals surface area contributed by atoms with Crippen LogP contribution in [0.1, 0.15) is 31.2 Å². The second-order valence-corrected chi connectivity index (χ2v) is 6.57. The van der Waals surface area contributed by atoms with E-state index in [1.54, 1.807) is 0 Å². The molecule has 0 heterocycles. The minimum absolute atomic E-state index is 0.185. The van der Waals surface area contributed by atoms with E-state index < -0.39 is 0 Å². The molecule has 0 bridgehead atoms. The first-order valence-electron chi connectivity index (χ1n) is 6.97. The maximum Gasteiger partial charge on any atom is 0.0435 e. The molecule has 0 amide bonds. The lowest BCUT2D eigenvalue weighted by molar-refractivity contribution is 0.104. The quantitative estimate of drug-likeness (QED) is 0.646. The third-order valence-corrected chi connectivity index (χ3v) is 5.37. The van der Waals surface area contributed by atoms with Crippen molar-refractivity contribution in [2.45, 2.75) is 43.7 Å². The lowest BCUT2D eigenvalue weighted by Gasteiger charge is -2.43. The summed E-state index contributed by atoms with van der Waals surface area (Å²) in [5.41, 5.74) is 4.58. The Bertz CT molecular complexity index is 414. The van der Waals surface area contributed by atoms with Gasteiger partial charge in [0.15, 0.2) is 0 Å². The normalized spacial score (nSPS) is 19.8. The van der Waals surface area contributed by atoms with Gasteiger partial charge in [-0.1, -0.05) is 47.0 Å². The van der Waals surface area contributed by atoms with Crippen LogP contribution in [-0.4, -0.2) is 30.6 Å². The van der Waals surface area contributed by atoms with Crippen molar-refractivity contribution in [3.05, 3.63) is 34.3 Å². The lowest BCUT2D eigenvalue weighted by Crippen LogP contribution is -2.60. The van der Waals surface area contributed by atoms with Crippen molar-refractivity contribution in [2.24, 2.45) is 5.84 Å². The Labute approximate surface area is 124 Å². The molecule has 0 spiro atoms. The minimum Gasteiger partial charge on any atom is -0.302 e. The van der Waals surface area contributed by atoms with Gasteiger partial charge in [0.05, 0.1) is 0 Å². The molecule has 1 atom stereocenters. The molecule has 1 aliphatic carbocycles. The molecule has 1 unspecified atom stereocenters. The molecule has 0 aromatic heterocycles. The van der Waals surface area contributed by atoms with Gasteiger partial charge < -0.3 is 4.90 Å². The minimum atomic E-state index is 0.185. The summed E-state index contributed by atoms with van der Waals surface area (Å²) in [7, 11) is 4.35. The van der Waals surface area contributed by atoms with Crippen molar-refractivity contribution in [1.82, 2.24) is 10.3 Å². The molecule has 0 saturated heterocycles. The molecule has 1 aliphatic rings. The lowest BCUT2D eigenvalue weighted by atomic mass is 9.83. The van der Waals surface area contributed by atoms with Crippen LogP contribution in [0.25, 0.3) is 0 Å². The van der Waals surface area contributed by atoms with Gasteiger partial charge in [0, 0.05) is 16.1 Å². The van der Waals surface area contributed by atoms with E-state index in [-0.39, 0.29) is 11.6 Å². The van der Waals surface area contributed by atoms with Crippen LogP contribution >= 0.6 is 15.9 Å². The van der Waals surface area contributed by atoms with E-state index in [9.17, 15) is 0 Å². The fourth-order valence-corrected chi connectivity index (χ4v) is 3.83. The summed E-state index contributed by atoms with van der Waals surface area (Å²) >= 11 is 3.64. The van der Waals surface area contributed by atoms with Crippen molar-refractivity contribution < 1.29 is 0 Å². The van der Waals surface area contributed by atoms with Gasteiger partial charge in [0.1, 0.15) is 0 Å². The third-order valence-electron chi connectivity index (χ3n) is 4.59. The van der Waals surface area contributed by atoms with Gasteiger partial charge in [0.25, 0.3) is 0 Å². The van der Waals surface area contributed by atoms with Crippen molar-refractivity contribution in [1.29, 1.82) is 0 Å². The first kappa shape index (κ1) is 15.0. The SMILES string of the molecule is CN(C)C1(C(Cc2ccccc2Br)NN)CCCC1. The number of rotatable bonds is 5. The highest BCUT2D eigenvalue weighted by atomic mass is 79.9. The molecule has 0 radical (unpaired) electrons. The number of nitrogens with zero attached hydrogens (tertiary/aromatic N) is 1. The number of halogens is 1. The van der Waals surface area contributed by atoms with Crippen LogP contribution in [0.15, 0.2) is 28.7 Å². The first-order valence-corrected chi connectivity index (χ1v) is 7.76. The summed E-state index contributed by atoms with van der Waals surface area (Å²) < 4.78 is 1.17. The van der Waals surface area contributed by atoms with Crippen molar-refractivity contribution in [2.75, 3.05) is 14.1 Å². The molecule has 19 heavy (non-hydrogen) atoms. The number of hydrogen-bond donors (Lipinski definition) is 2. The van der Waals surface area contributed by atoms with Crippen molar-refractivity contribution in [3.8, 4) is 0 Å². The summed E-state index contributed by atoms with van der Waals surface area (Å²) in [5.74, 6) is 5.88. The standard InChI is InChI=1S/C15H24BrN3/c1-19(2)15(9-5-6-10-15)14(18-17)11-12-7-3-4-8-13(12)16/h3-4,7-8,14,18H,5-6,9-11,17H2,1-2H3. The fourth-order valence-electron chi connectivity index (χ4n) is 3.38. The molecule has 3 nitrogen and oxygen atoms in total. The molecule has 3 N–H and O–H groups in total. The number of hydrazine groups is 1. The Hall–Kier alpha value is -0.420. The van der Waals surface area contributed by atoms with Crippen LogP contribution in [0.4, 0.5) is 0 Å². The zero-order valence-corrected chi connectivity index (χ0v) is 13.4. The number of nitrogens with one attached hydrogen (secondary N) is 1. The third kappa shape index (κ3) is 3.02. The summed E-state index contributed by atoms with van der Waals surface area (Å²) in [4.78, 5) is 2.36.